The van der Waals surface area contributed by atoms with Crippen LogP contribution in [0, 0.1) is 0 Å². The summed E-state index contributed by atoms with van der Waals surface area (Å²) in [4.78, 5) is 0. The van der Waals surface area contributed by atoms with Crippen molar-refractivity contribution in [2.75, 3.05) is 0 Å². The molecule has 1 aromatic heterocycles. The first-order valence-corrected chi connectivity index (χ1v) is 4.68. The Labute approximate surface area is 79.4 Å². The van der Waals surface area contributed by atoms with E-state index in [1.807, 2.05) is 10.7 Å². The molecule has 0 unspecified atom stereocenters. The van der Waals surface area contributed by atoms with Gasteiger partial charge in [-0.2, -0.15) is 5.10 Å². The molecule has 0 saturated heterocycles. The zero-order chi connectivity index (χ0) is 10.1. The van der Waals surface area contributed by atoms with Crippen molar-refractivity contribution in [2.24, 2.45) is 0 Å². The maximum Gasteiger partial charge on any atom is 0.0882 e. The van der Waals surface area contributed by atoms with Gasteiger partial charge in [-0.25, -0.2) is 0 Å². The summed E-state index contributed by atoms with van der Waals surface area (Å²) in [5.74, 6) is 0. The fourth-order valence-electron chi connectivity index (χ4n) is 1.38. The van der Waals surface area contributed by atoms with Crippen molar-refractivity contribution in [1.82, 2.24) is 9.78 Å². The predicted molar refractivity (Wildman–Crippen MR) is 52.5 cm³/mol. The highest BCUT2D eigenvalue weighted by atomic mass is 16.3. The highest BCUT2D eigenvalue weighted by molar-refractivity contribution is 5.11. The summed E-state index contributed by atoms with van der Waals surface area (Å²) in [5.41, 5.74) is 1.93. The van der Waals surface area contributed by atoms with Crippen LogP contribution in [0.4, 0.5) is 0 Å². The van der Waals surface area contributed by atoms with E-state index in [1.165, 1.54) is 5.69 Å². The number of aryl methyl sites for hydroxylation is 1. The van der Waals surface area contributed by atoms with Gasteiger partial charge in [0.05, 0.1) is 17.8 Å². The summed E-state index contributed by atoms with van der Waals surface area (Å²) in [6.07, 6.45) is 0.949. The van der Waals surface area contributed by atoms with Gasteiger partial charge < -0.3 is 5.11 Å². The van der Waals surface area contributed by atoms with E-state index >= 15 is 0 Å². The van der Waals surface area contributed by atoms with Crippen molar-refractivity contribution < 1.29 is 5.11 Å². The minimum absolute atomic E-state index is 0.00123. The number of aliphatic hydroxyl groups excluding tert-OH is 1. The predicted octanol–water partition coefficient (Wildman–Crippen LogP) is 1.69. The van der Waals surface area contributed by atoms with Gasteiger partial charge >= 0.3 is 0 Å². The standard InChI is InChI=1S/C10H18N2O/c1-5-9-6-8(7-13)11-12(9)10(2,3)4/h6,13H,5,7H2,1-4H3. The first kappa shape index (κ1) is 10.3. The second kappa shape index (κ2) is 3.50. The van der Waals surface area contributed by atoms with E-state index in [0.29, 0.717) is 0 Å². The molecule has 0 amide bonds. The fraction of sp³-hybridized carbons (Fsp3) is 0.700. The van der Waals surface area contributed by atoms with Crippen LogP contribution in [0.15, 0.2) is 6.07 Å². The van der Waals surface area contributed by atoms with Crippen molar-refractivity contribution in [2.45, 2.75) is 46.3 Å². The molecule has 1 aromatic rings. The summed E-state index contributed by atoms with van der Waals surface area (Å²) in [5, 5.41) is 13.3. The topological polar surface area (TPSA) is 38.1 Å². The fourth-order valence-corrected chi connectivity index (χ4v) is 1.38. The van der Waals surface area contributed by atoms with E-state index in [2.05, 4.69) is 32.8 Å². The van der Waals surface area contributed by atoms with Crippen molar-refractivity contribution in [3.05, 3.63) is 17.5 Å². The van der Waals surface area contributed by atoms with Crippen molar-refractivity contribution in [1.29, 1.82) is 0 Å². The largest absolute Gasteiger partial charge is 0.390 e. The molecule has 1 heterocycles. The van der Waals surface area contributed by atoms with Gasteiger partial charge in [0, 0.05) is 5.69 Å². The van der Waals surface area contributed by atoms with Gasteiger partial charge in [-0.15, -0.1) is 0 Å². The molecule has 0 spiro atoms. The molecular weight excluding hydrogens is 164 g/mol. The molecule has 1 N–H and O–H groups in total. The lowest BCUT2D eigenvalue weighted by Crippen LogP contribution is -2.25. The summed E-state index contributed by atoms with van der Waals surface area (Å²) in [6, 6.07) is 1.96. The Balaban J connectivity index is 3.11. The number of aromatic nitrogens is 2. The van der Waals surface area contributed by atoms with Crippen LogP contribution in [-0.4, -0.2) is 14.9 Å². The van der Waals surface area contributed by atoms with Crippen molar-refractivity contribution in [3.63, 3.8) is 0 Å². The Morgan fingerprint density at radius 3 is 2.38 bits per heavy atom. The third kappa shape index (κ3) is 2.10. The van der Waals surface area contributed by atoms with E-state index in [-0.39, 0.29) is 12.1 Å². The number of hydrogen-bond donors (Lipinski definition) is 1. The number of aliphatic hydroxyl groups is 1. The molecule has 0 aliphatic rings. The van der Waals surface area contributed by atoms with Crippen molar-refractivity contribution >= 4 is 0 Å². The van der Waals surface area contributed by atoms with Crippen LogP contribution in [-0.2, 0) is 18.6 Å². The lowest BCUT2D eigenvalue weighted by Gasteiger charge is -2.21. The third-order valence-electron chi connectivity index (χ3n) is 1.99. The summed E-state index contributed by atoms with van der Waals surface area (Å²) >= 11 is 0. The number of rotatable bonds is 2. The molecular formula is C10H18N2O. The first-order chi connectivity index (χ1) is 5.99. The molecule has 0 bridgehead atoms. The molecule has 3 heteroatoms. The third-order valence-corrected chi connectivity index (χ3v) is 1.99. The normalized spacial score (nSPS) is 12.1. The quantitative estimate of drug-likeness (QED) is 0.756. The molecule has 0 aliphatic heterocycles. The summed E-state index contributed by atoms with van der Waals surface area (Å²) in [7, 11) is 0. The molecule has 1 rings (SSSR count). The minimum Gasteiger partial charge on any atom is -0.390 e. The molecule has 0 fully saturated rings. The average molecular weight is 182 g/mol. The van der Waals surface area contributed by atoms with Gasteiger partial charge in [-0.1, -0.05) is 6.92 Å². The van der Waals surface area contributed by atoms with E-state index in [1.54, 1.807) is 0 Å². The van der Waals surface area contributed by atoms with Gasteiger partial charge in [0.15, 0.2) is 0 Å². The SMILES string of the molecule is CCc1cc(CO)nn1C(C)(C)C. The van der Waals surface area contributed by atoms with Crippen LogP contribution >= 0.6 is 0 Å². The van der Waals surface area contributed by atoms with Crippen LogP contribution in [0.3, 0.4) is 0 Å². The number of hydrogen-bond acceptors (Lipinski definition) is 2. The Hall–Kier alpha value is -0.830. The molecule has 74 valence electrons. The van der Waals surface area contributed by atoms with E-state index in [0.717, 1.165) is 12.1 Å². The van der Waals surface area contributed by atoms with Crippen molar-refractivity contribution in [3.8, 4) is 0 Å². The Morgan fingerprint density at radius 1 is 1.46 bits per heavy atom. The van der Waals surface area contributed by atoms with Crippen LogP contribution in [0.1, 0.15) is 39.1 Å². The van der Waals surface area contributed by atoms with Crippen LogP contribution < -0.4 is 0 Å². The molecule has 0 aromatic carbocycles. The van der Waals surface area contributed by atoms with Gasteiger partial charge in [-0.3, -0.25) is 4.68 Å². The molecule has 0 atom stereocenters. The van der Waals surface area contributed by atoms with Gasteiger partial charge in [0.2, 0.25) is 0 Å². The minimum atomic E-state index is -0.00123. The zero-order valence-corrected chi connectivity index (χ0v) is 8.83. The van der Waals surface area contributed by atoms with Gasteiger partial charge in [0.1, 0.15) is 0 Å². The van der Waals surface area contributed by atoms with Crippen LogP contribution in [0.5, 0.6) is 0 Å². The molecule has 0 saturated carbocycles. The van der Waals surface area contributed by atoms with Gasteiger partial charge in [-0.05, 0) is 33.3 Å². The monoisotopic (exact) mass is 182 g/mol. The van der Waals surface area contributed by atoms with E-state index in [4.69, 9.17) is 5.11 Å². The maximum atomic E-state index is 8.96. The Morgan fingerprint density at radius 2 is 2.08 bits per heavy atom. The van der Waals surface area contributed by atoms with Gasteiger partial charge in [0.25, 0.3) is 0 Å². The average Bonchev–Trinajstić information content (AvgIpc) is 2.46. The lowest BCUT2D eigenvalue weighted by atomic mass is 10.1. The molecule has 3 nitrogen and oxygen atoms in total. The Kier molecular flexibility index (Phi) is 2.76. The van der Waals surface area contributed by atoms with E-state index in [9.17, 15) is 0 Å². The van der Waals surface area contributed by atoms with Crippen LogP contribution in [0.2, 0.25) is 0 Å². The Bertz CT molecular complexity index is 284. The van der Waals surface area contributed by atoms with Crippen LogP contribution in [0.25, 0.3) is 0 Å². The highest BCUT2D eigenvalue weighted by Gasteiger charge is 2.17. The van der Waals surface area contributed by atoms with E-state index < -0.39 is 0 Å². The second-order valence-corrected chi connectivity index (χ2v) is 4.22. The first-order valence-electron chi connectivity index (χ1n) is 4.68. The lowest BCUT2D eigenvalue weighted by molar-refractivity contribution is 0.269. The molecule has 0 radical (unpaired) electrons. The molecule has 13 heavy (non-hydrogen) atoms. The number of nitrogens with zero attached hydrogens (tertiary/aromatic N) is 2. The second-order valence-electron chi connectivity index (χ2n) is 4.22. The maximum absolute atomic E-state index is 8.96. The smallest absolute Gasteiger partial charge is 0.0882 e. The summed E-state index contributed by atoms with van der Waals surface area (Å²) < 4.78 is 1.98. The summed E-state index contributed by atoms with van der Waals surface area (Å²) in [6.45, 7) is 8.46. The molecule has 0 aliphatic carbocycles. The highest BCUT2D eigenvalue weighted by Crippen LogP contribution is 2.17. The zero-order valence-electron chi connectivity index (χ0n) is 8.83.